The number of fused-ring (bicyclic) bond motifs is 1. The molecule has 3 heterocycles. The van der Waals surface area contributed by atoms with Gasteiger partial charge < -0.3 is 19.7 Å². The molecule has 1 amide bonds. The smallest absolute Gasteiger partial charge is 0.222 e. The van der Waals surface area contributed by atoms with Crippen molar-refractivity contribution in [1.82, 2.24) is 25.0 Å². The summed E-state index contributed by atoms with van der Waals surface area (Å²) in [7, 11) is 1.96. The molecule has 32 heavy (non-hydrogen) atoms. The molecule has 2 aliphatic heterocycles. The highest BCUT2D eigenvalue weighted by atomic mass is 127. The molecule has 4 rings (SSSR count). The molecule has 2 aliphatic rings. The van der Waals surface area contributed by atoms with Crippen molar-refractivity contribution in [3.05, 3.63) is 54.1 Å². The van der Waals surface area contributed by atoms with Crippen LogP contribution in [-0.2, 0) is 18.4 Å². The van der Waals surface area contributed by atoms with Gasteiger partial charge in [0.2, 0.25) is 5.91 Å². The lowest BCUT2D eigenvalue weighted by molar-refractivity contribution is -0.127. The van der Waals surface area contributed by atoms with Crippen LogP contribution in [0.2, 0.25) is 0 Å². The highest BCUT2D eigenvalue weighted by molar-refractivity contribution is 14.0. The molecule has 1 N–H and O–H groups in total. The van der Waals surface area contributed by atoms with E-state index in [1.54, 1.807) is 0 Å². The number of hydrogen-bond donors (Lipinski definition) is 1. The Morgan fingerprint density at radius 1 is 1.34 bits per heavy atom. The van der Waals surface area contributed by atoms with Crippen molar-refractivity contribution in [2.45, 2.75) is 38.6 Å². The van der Waals surface area contributed by atoms with Gasteiger partial charge in [0.25, 0.3) is 0 Å². The average Bonchev–Trinajstić information content (AvgIpc) is 3.45. The summed E-state index contributed by atoms with van der Waals surface area (Å²) in [6.45, 7) is 9.39. The summed E-state index contributed by atoms with van der Waals surface area (Å²) in [5.41, 5.74) is 2.49. The van der Waals surface area contributed by atoms with Gasteiger partial charge in [0, 0.05) is 51.3 Å². The molecule has 9 heteroatoms. The molecule has 0 saturated carbocycles. The quantitative estimate of drug-likeness (QED) is 0.249. The van der Waals surface area contributed by atoms with Gasteiger partial charge in [0.1, 0.15) is 12.4 Å². The fourth-order valence-electron chi connectivity index (χ4n) is 4.33. The van der Waals surface area contributed by atoms with E-state index in [2.05, 4.69) is 51.3 Å². The maximum atomic E-state index is 12.0. The normalized spacial score (nSPS) is 18.0. The van der Waals surface area contributed by atoms with E-state index in [9.17, 15) is 4.79 Å². The van der Waals surface area contributed by atoms with Gasteiger partial charge in [0.15, 0.2) is 11.8 Å². The van der Waals surface area contributed by atoms with Crippen LogP contribution in [0.25, 0.3) is 0 Å². The Bertz CT molecular complexity index is 986. The minimum Gasteiger partial charge on any atom is -0.352 e. The Hall–Kier alpha value is -2.43. The number of aromatic nitrogens is 3. The standard InChI is InChI=1S/C23H31N7O.HI/c1-4-12-24-23(25-15-21-27-26-17(2)28(21)3)30-16-18(19-8-5-6-9-20(19)30)11-14-29-13-7-10-22(29)31;/h4-6,8-9,18H,1,7,10-16H2,2-3H3,(H,24,25);1H. The van der Waals surface area contributed by atoms with Gasteiger partial charge in [0.05, 0.1) is 0 Å². The van der Waals surface area contributed by atoms with Crippen molar-refractivity contribution in [3.8, 4) is 0 Å². The summed E-state index contributed by atoms with van der Waals surface area (Å²) in [6, 6.07) is 8.50. The molecule has 1 aromatic heterocycles. The Morgan fingerprint density at radius 2 is 2.16 bits per heavy atom. The number of anilines is 1. The molecule has 1 atom stereocenters. The minimum absolute atomic E-state index is 0. The number of likely N-dealkylation sites (tertiary alicyclic amines) is 1. The molecule has 0 radical (unpaired) electrons. The number of guanidine groups is 1. The monoisotopic (exact) mass is 549 g/mol. The van der Waals surface area contributed by atoms with Crippen molar-refractivity contribution >= 4 is 41.5 Å². The number of aryl methyl sites for hydroxylation is 1. The number of rotatable bonds is 7. The first-order valence-electron chi connectivity index (χ1n) is 11.0. The van der Waals surface area contributed by atoms with E-state index >= 15 is 0 Å². The highest BCUT2D eigenvalue weighted by Crippen LogP contribution is 2.38. The molecule has 0 bridgehead atoms. The first-order valence-corrected chi connectivity index (χ1v) is 11.0. The number of halogens is 1. The molecule has 1 saturated heterocycles. The number of carbonyl (C=O) groups excluding carboxylic acids is 1. The summed E-state index contributed by atoms with van der Waals surface area (Å²) in [5.74, 6) is 3.16. The van der Waals surface area contributed by atoms with Gasteiger partial charge in [-0.1, -0.05) is 24.3 Å². The predicted octanol–water partition coefficient (Wildman–Crippen LogP) is 2.99. The maximum absolute atomic E-state index is 12.0. The summed E-state index contributed by atoms with van der Waals surface area (Å²) in [6.07, 6.45) is 4.46. The zero-order valence-electron chi connectivity index (χ0n) is 18.8. The SMILES string of the molecule is C=CCNC(=NCc1nnc(C)n1C)N1CC(CCN2CCCC2=O)c2ccccc21.I. The van der Waals surface area contributed by atoms with Gasteiger partial charge in [-0.3, -0.25) is 4.79 Å². The highest BCUT2D eigenvalue weighted by Gasteiger charge is 2.32. The molecule has 0 aliphatic carbocycles. The Labute approximate surface area is 206 Å². The summed E-state index contributed by atoms with van der Waals surface area (Å²) in [5, 5.41) is 11.8. The zero-order chi connectivity index (χ0) is 21.8. The average molecular weight is 549 g/mol. The van der Waals surface area contributed by atoms with Crippen LogP contribution in [0.4, 0.5) is 5.69 Å². The van der Waals surface area contributed by atoms with E-state index in [1.165, 1.54) is 11.3 Å². The molecule has 8 nitrogen and oxygen atoms in total. The second-order valence-electron chi connectivity index (χ2n) is 8.17. The number of benzene rings is 1. The van der Waals surface area contributed by atoms with Crippen molar-refractivity contribution in [2.24, 2.45) is 12.0 Å². The second-order valence-corrected chi connectivity index (χ2v) is 8.17. The van der Waals surface area contributed by atoms with E-state index in [-0.39, 0.29) is 29.9 Å². The fourth-order valence-corrected chi connectivity index (χ4v) is 4.33. The fraction of sp³-hybridized carbons (Fsp3) is 0.478. The first kappa shape index (κ1) is 24.2. The summed E-state index contributed by atoms with van der Waals surface area (Å²) < 4.78 is 1.96. The molecule has 1 unspecified atom stereocenters. The van der Waals surface area contributed by atoms with Crippen molar-refractivity contribution in [1.29, 1.82) is 0 Å². The summed E-state index contributed by atoms with van der Waals surface area (Å²) >= 11 is 0. The molecular formula is C23H32IN7O. The molecular weight excluding hydrogens is 517 g/mol. The number of nitrogens with zero attached hydrogens (tertiary/aromatic N) is 6. The van der Waals surface area contributed by atoms with Gasteiger partial charge in [-0.15, -0.1) is 40.8 Å². The minimum atomic E-state index is 0. The van der Waals surface area contributed by atoms with Crippen LogP contribution in [0.5, 0.6) is 0 Å². The zero-order valence-corrected chi connectivity index (χ0v) is 21.2. The lowest BCUT2D eigenvalue weighted by Gasteiger charge is -2.23. The van der Waals surface area contributed by atoms with Gasteiger partial charge in [-0.05, 0) is 31.4 Å². The van der Waals surface area contributed by atoms with E-state index < -0.39 is 0 Å². The van der Waals surface area contributed by atoms with Crippen molar-refractivity contribution in [3.63, 3.8) is 0 Å². The predicted molar refractivity (Wildman–Crippen MR) is 137 cm³/mol. The van der Waals surface area contributed by atoms with E-state index in [1.807, 2.05) is 29.5 Å². The number of amides is 1. The molecule has 1 fully saturated rings. The third-order valence-electron chi connectivity index (χ3n) is 6.20. The van der Waals surface area contributed by atoms with Gasteiger partial charge in [-0.25, -0.2) is 4.99 Å². The second kappa shape index (κ2) is 10.9. The van der Waals surface area contributed by atoms with Gasteiger partial charge >= 0.3 is 0 Å². The number of aliphatic imine (C=N–C) groups is 1. The number of nitrogens with one attached hydrogen (secondary N) is 1. The Morgan fingerprint density at radius 3 is 2.84 bits per heavy atom. The largest absolute Gasteiger partial charge is 0.352 e. The van der Waals surface area contributed by atoms with Crippen LogP contribution >= 0.6 is 24.0 Å². The van der Waals surface area contributed by atoms with Crippen LogP contribution in [0, 0.1) is 6.92 Å². The first-order chi connectivity index (χ1) is 15.1. The van der Waals surface area contributed by atoms with Crippen LogP contribution in [0.3, 0.4) is 0 Å². The van der Waals surface area contributed by atoms with Gasteiger partial charge in [-0.2, -0.15) is 0 Å². The van der Waals surface area contributed by atoms with Crippen LogP contribution in [0.15, 0.2) is 41.9 Å². The van der Waals surface area contributed by atoms with E-state index in [4.69, 9.17) is 4.99 Å². The lowest BCUT2D eigenvalue weighted by Crippen LogP contribution is -2.41. The number of carbonyl (C=O) groups is 1. The topological polar surface area (TPSA) is 78.7 Å². The molecule has 172 valence electrons. The van der Waals surface area contributed by atoms with E-state index in [0.29, 0.717) is 25.4 Å². The lowest BCUT2D eigenvalue weighted by atomic mass is 9.98. The molecule has 0 spiro atoms. The van der Waals surface area contributed by atoms with E-state index in [0.717, 1.165) is 50.1 Å². The number of hydrogen-bond acceptors (Lipinski definition) is 4. The van der Waals surface area contributed by atoms with Crippen LogP contribution in [-0.4, -0.2) is 57.7 Å². The van der Waals surface area contributed by atoms with Crippen molar-refractivity contribution in [2.75, 3.05) is 31.1 Å². The third-order valence-corrected chi connectivity index (χ3v) is 6.20. The number of para-hydroxylation sites is 1. The summed E-state index contributed by atoms with van der Waals surface area (Å²) in [4.78, 5) is 21.2. The Kier molecular flexibility index (Phi) is 8.27. The third kappa shape index (κ3) is 5.13. The maximum Gasteiger partial charge on any atom is 0.222 e. The van der Waals surface area contributed by atoms with Crippen LogP contribution < -0.4 is 10.2 Å². The van der Waals surface area contributed by atoms with Crippen molar-refractivity contribution < 1.29 is 4.79 Å². The van der Waals surface area contributed by atoms with Crippen LogP contribution in [0.1, 0.15) is 42.4 Å². The Balaban J connectivity index is 0.00000289. The molecule has 1 aromatic carbocycles. The molecule has 2 aromatic rings.